The lowest BCUT2D eigenvalue weighted by Gasteiger charge is -2.32. The van der Waals surface area contributed by atoms with Gasteiger partial charge in [0.1, 0.15) is 11.6 Å². The van der Waals surface area contributed by atoms with Gasteiger partial charge in [0, 0.05) is 25.0 Å². The molecule has 2 amide bonds. The Kier molecular flexibility index (Phi) is 6.68. The Bertz CT molecular complexity index is 1470. The molecule has 3 heterocycles. The minimum absolute atomic E-state index is 0.0293. The van der Waals surface area contributed by atoms with Gasteiger partial charge in [-0.2, -0.15) is 18.3 Å². The molecule has 1 aliphatic heterocycles. The predicted octanol–water partition coefficient (Wildman–Crippen LogP) is 5.31. The molecule has 1 unspecified atom stereocenters. The summed E-state index contributed by atoms with van der Waals surface area (Å²) in [7, 11) is 0. The second kappa shape index (κ2) is 9.96. The van der Waals surface area contributed by atoms with E-state index in [2.05, 4.69) is 20.4 Å². The van der Waals surface area contributed by atoms with E-state index in [-0.39, 0.29) is 34.3 Å². The molecule has 2 aromatic carbocycles. The highest BCUT2D eigenvalue weighted by Gasteiger charge is 2.35. The number of hydrogen-bond donors (Lipinski definition) is 2. The second-order valence-electron chi connectivity index (χ2n) is 9.64. The van der Waals surface area contributed by atoms with E-state index in [9.17, 15) is 22.8 Å². The maximum atomic E-state index is 13.2. The van der Waals surface area contributed by atoms with Crippen LogP contribution in [0.15, 0.2) is 54.9 Å². The van der Waals surface area contributed by atoms with Crippen LogP contribution >= 0.6 is 0 Å². The number of fused-ring (bicyclic) bond motifs is 1. The van der Waals surface area contributed by atoms with Crippen LogP contribution in [-0.4, -0.2) is 49.6 Å². The number of piperidine rings is 1. The zero-order valence-electron chi connectivity index (χ0n) is 20.9. The Labute approximate surface area is 216 Å². The average Bonchev–Trinajstić information content (AvgIpc) is 3.55. The number of halogens is 3. The first-order valence-corrected chi connectivity index (χ1v) is 12.4. The van der Waals surface area contributed by atoms with Gasteiger partial charge in [-0.3, -0.25) is 14.3 Å². The molecule has 0 aliphatic carbocycles. The number of carbonyl (C=O) groups is 2. The molecule has 0 saturated carbocycles. The lowest BCUT2D eigenvalue weighted by atomic mass is 9.89. The van der Waals surface area contributed by atoms with Crippen LogP contribution in [0.4, 0.5) is 18.9 Å². The molecule has 5 rings (SSSR count). The molecule has 38 heavy (non-hydrogen) atoms. The number of hydrogen-bond acceptors (Lipinski definition) is 4. The number of anilines is 1. The van der Waals surface area contributed by atoms with Crippen molar-refractivity contribution in [1.29, 1.82) is 0 Å². The number of aryl methyl sites for hydroxylation is 1. The van der Waals surface area contributed by atoms with E-state index in [0.717, 1.165) is 24.0 Å². The quantitative estimate of drug-likeness (QED) is 0.370. The van der Waals surface area contributed by atoms with Gasteiger partial charge in [-0.25, -0.2) is 4.98 Å². The highest BCUT2D eigenvalue weighted by molar-refractivity contribution is 6.05. The van der Waals surface area contributed by atoms with Crippen molar-refractivity contribution in [3.63, 3.8) is 0 Å². The van der Waals surface area contributed by atoms with Gasteiger partial charge in [0.15, 0.2) is 0 Å². The van der Waals surface area contributed by atoms with Crippen LogP contribution in [0.25, 0.3) is 11.0 Å². The molecule has 4 aromatic rings. The zero-order chi connectivity index (χ0) is 27.0. The van der Waals surface area contributed by atoms with E-state index in [1.54, 1.807) is 28.8 Å². The fourth-order valence-corrected chi connectivity index (χ4v) is 4.78. The summed E-state index contributed by atoms with van der Waals surface area (Å²) < 4.78 is 40.9. The zero-order valence-corrected chi connectivity index (χ0v) is 20.9. The summed E-state index contributed by atoms with van der Waals surface area (Å²) in [6.07, 6.45) is 0.347. The van der Waals surface area contributed by atoms with Crippen molar-refractivity contribution in [2.45, 2.75) is 44.8 Å². The summed E-state index contributed by atoms with van der Waals surface area (Å²) in [6, 6.07) is 11.8. The Morgan fingerprint density at radius 2 is 1.82 bits per heavy atom. The summed E-state index contributed by atoms with van der Waals surface area (Å²) >= 11 is 0. The van der Waals surface area contributed by atoms with Crippen molar-refractivity contribution in [3.05, 3.63) is 77.4 Å². The van der Waals surface area contributed by atoms with E-state index in [0.29, 0.717) is 18.8 Å². The first-order chi connectivity index (χ1) is 18.1. The smallest absolute Gasteiger partial charge is 0.339 e. The van der Waals surface area contributed by atoms with Gasteiger partial charge in [-0.1, -0.05) is 18.2 Å². The lowest BCUT2D eigenvalue weighted by molar-refractivity contribution is -0.144. The third-order valence-corrected chi connectivity index (χ3v) is 6.95. The fourth-order valence-electron chi connectivity index (χ4n) is 4.78. The molecule has 0 spiro atoms. The SMILES string of the molecule is Cc1cnn(C(C)C(=O)Nc2ccc(C3CCN(C(=O)c4cccc5[nH]c(C(F)(F)F)nc45)CC3)cc2)c1. The van der Waals surface area contributed by atoms with E-state index in [4.69, 9.17) is 0 Å². The van der Waals surface area contributed by atoms with Crippen molar-refractivity contribution < 1.29 is 22.8 Å². The van der Waals surface area contributed by atoms with Gasteiger partial charge < -0.3 is 15.2 Å². The van der Waals surface area contributed by atoms with Crippen molar-refractivity contribution >= 4 is 28.5 Å². The first-order valence-electron chi connectivity index (χ1n) is 12.4. The Balaban J connectivity index is 1.20. The monoisotopic (exact) mass is 524 g/mol. The number of carbonyl (C=O) groups excluding carboxylic acids is 2. The molecule has 1 saturated heterocycles. The van der Waals surface area contributed by atoms with E-state index in [1.807, 2.05) is 37.4 Å². The minimum Gasteiger partial charge on any atom is -0.339 e. The summed E-state index contributed by atoms with van der Waals surface area (Å²) in [5, 5.41) is 7.11. The molecule has 1 atom stereocenters. The Morgan fingerprint density at radius 1 is 1.11 bits per heavy atom. The van der Waals surface area contributed by atoms with Gasteiger partial charge >= 0.3 is 6.18 Å². The summed E-state index contributed by atoms with van der Waals surface area (Å²) in [4.78, 5) is 33.3. The predicted molar refractivity (Wildman–Crippen MR) is 136 cm³/mol. The number of alkyl halides is 3. The van der Waals surface area contributed by atoms with Gasteiger partial charge in [0.25, 0.3) is 5.91 Å². The maximum absolute atomic E-state index is 13.2. The standard InChI is InChI=1S/C27H27F3N6O2/c1-16-14-31-36(15-16)17(2)24(37)32-20-8-6-18(7-9-20)19-10-12-35(13-11-19)25(38)21-4-3-5-22-23(21)34-26(33-22)27(28,29)30/h3-9,14-15,17,19H,10-13H2,1-2H3,(H,32,37)(H,33,34). The van der Waals surface area contributed by atoms with Gasteiger partial charge in [-0.05, 0) is 68.0 Å². The van der Waals surface area contributed by atoms with Crippen LogP contribution in [0.2, 0.25) is 0 Å². The van der Waals surface area contributed by atoms with Crippen LogP contribution in [0.5, 0.6) is 0 Å². The summed E-state index contributed by atoms with van der Waals surface area (Å²) in [5.74, 6) is -1.37. The normalized spacial score (nSPS) is 15.6. The third kappa shape index (κ3) is 5.13. The summed E-state index contributed by atoms with van der Waals surface area (Å²) in [5.41, 5.74) is 3.14. The van der Waals surface area contributed by atoms with E-state index in [1.165, 1.54) is 12.1 Å². The number of benzene rings is 2. The Hall–Kier alpha value is -4.15. The average molecular weight is 525 g/mol. The molecule has 0 bridgehead atoms. The minimum atomic E-state index is -4.62. The van der Waals surface area contributed by atoms with Crippen LogP contribution < -0.4 is 5.32 Å². The van der Waals surface area contributed by atoms with Gasteiger partial charge in [0.05, 0.1) is 17.3 Å². The molecule has 2 N–H and O–H groups in total. The van der Waals surface area contributed by atoms with Crippen LogP contribution in [-0.2, 0) is 11.0 Å². The highest BCUT2D eigenvalue weighted by Crippen LogP contribution is 2.32. The second-order valence-corrected chi connectivity index (χ2v) is 9.64. The number of imidazole rings is 1. The molecule has 0 radical (unpaired) electrons. The Morgan fingerprint density at radius 3 is 2.45 bits per heavy atom. The molecular formula is C27H27F3N6O2. The highest BCUT2D eigenvalue weighted by atomic mass is 19.4. The van der Waals surface area contributed by atoms with Crippen molar-refractivity contribution in [2.24, 2.45) is 0 Å². The van der Waals surface area contributed by atoms with Gasteiger partial charge in [0.2, 0.25) is 11.7 Å². The largest absolute Gasteiger partial charge is 0.449 e. The van der Waals surface area contributed by atoms with Crippen LogP contribution in [0.1, 0.15) is 59.0 Å². The number of rotatable bonds is 5. The summed E-state index contributed by atoms with van der Waals surface area (Å²) in [6.45, 7) is 4.67. The molecule has 1 fully saturated rings. The van der Waals surface area contributed by atoms with E-state index < -0.39 is 18.0 Å². The van der Waals surface area contributed by atoms with Crippen molar-refractivity contribution in [1.82, 2.24) is 24.6 Å². The fraction of sp³-hybridized carbons (Fsp3) is 0.333. The number of aromatic nitrogens is 4. The molecule has 2 aromatic heterocycles. The molecule has 8 nitrogen and oxygen atoms in total. The van der Waals surface area contributed by atoms with Crippen molar-refractivity contribution in [2.75, 3.05) is 18.4 Å². The number of likely N-dealkylation sites (tertiary alicyclic amines) is 1. The first kappa shape index (κ1) is 25.5. The van der Waals surface area contributed by atoms with Gasteiger partial charge in [-0.15, -0.1) is 0 Å². The topological polar surface area (TPSA) is 95.9 Å². The number of amides is 2. The number of aromatic amines is 1. The molecule has 1 aliphatic rings. The number of para-hydroxylation sites is 1. The van der Waals surface area contributed by atoms with Crippen molar-refractivity contribution in [3.8, 4) is 0 Å². The maximum Gasteiger partial charge on any atom is 0.449 e. The lowest BCUT2D eigenvalue weighted by Crippen LogP contribution is -2.38. The van der Waals surface area contributed by atoms with E-state index >= 15 is 0 Å². The van der Waals surface area contributed by atoms with Crippen LogP contribution in [0, 0.1) is 6.92 Å². The third-order valence-electron chi connectivity index (χ3n) is 6.95. The number of H-pyrrole nitrogens is 1. The number of nitrogens with one attached hydrogen (secondary N) is 2. The molecule has 11 heteroatoms. The number of nitrogens with zero attached hydrogens (tertiary/aromatic N) is 4. The van der Waals surface area contributed by atoms with Crippen LogP contribution in [0.3, 0.4) is 0 Å². The molecular weight excluding hydrogens is 497 g/mol. The molecule has 198 valence electrons.